The van der Waals surface area contributed by atoms with Crippen molar-refractivity contribution < 1.29 is 4.79 Å². The Bertz CT molecular complexity index is 412. The van der Waals surface area contributed by atoms with Crippen LogP contribution in [0, 0.1) is 5.92 Å². The number of rotatable bonds is 4. The molecule has 4 heteroatoms. The molecule has 0 fully saturated rings. The van der Waals surface area contributed by atoms with Gasteiger partial charge in [0.25, 0.3) is 0 Å². The van der Waals surface area contributed by atoms with E-state index in [-0.39, 0.29) is 11.9 Å². The Kier molecular flexibility index (Phi) is 4.93. The molecule has 1 aromatic carbocycles. The van der Waals surface area contributed by atoms with E-state index >= 15 is 0 Å². The van der Waals surface area contributed by atoms with E-state index in [1.54, 1.807) is 6.92 Å². The van der Waals surface area contributed by atoms with Crippen LogP contribution in [0.4, 0.5) is 0 Å². The molecule has 0 spiro atoms. The average Bonchev–Trinajstić information content (AvgIpc) is 2.29. The number of carbonyl (C=O) groups is 1. The van der Waals surface area contributed by atoms with E-state index < -0.39 is 5.54 Å². The van der Waals surface area contributed by atoms with Crippen molar-refractivity contribution in [3.05, 3.63) is 34.3 Å². The van der Waals surface area contributed by atoms with Crippen molar-refractivity contribution in [1.82, 2.24) is 5.32 Å². The van der Waals surface area contributed by atoms with Crippen LogP contribution < -0.4 is 11.1 Å². The van der Waals surface area contributed by atoms with E-state index in [4.69, 9.17) is 5.73 Å². The van der Waals surface area contributed by atoms with Crippen molar-refractivity contribution in [2.24, 2.45) is 11.7 Å². The van der Waals surface area contributed by atoms with Gasteiger partial charge in [0.2, 0.25) is 5.91 Å². The Morgan fingerprint density at radius 1 is 1.28 bits per heavy atom. The molecule has 3 N–H and O–H groups in total. The van der Waals surface area contributed by atoms with Crippen LogP contribution in [0.25, 0.3) is 0 Å². The monoisotopic (exact) mass is 312 g/mol. The molecule has 2 atom stereocenters. The van der Waals surface area contributed by atoms with Crippen molar-refractivity contribution in [1.29, 1.82) is 0 Å². The number of hydrogen-bond acceptors (Lipinski definition) is 2. The quantitative estimate of drug-likeness (QED) is 0.898. The zero-order valence-corrected chi connectivity index (χ0v) is 12.9. The lowest BCUT2D eigenvalue weighted by atomic mass is 9.91. The molecule has 0 aliphatic carbocycles. The molecule has 1 rings (SSSR count). The van der Waals surface area contributed by atoms with E-state index in [0.717, 1.165) is 10.0 Å². The highest BCUT2D eigenvalue weighted by molar-refractivity contribution is 9.10. The maximum atomic E-state index is 12.2. The summed E-state index contributed by atoms with van der Waals surface area (Å²) in [7, 11) is 0. The summed E-state index contributed by atoms with van der Waals surface area (Å²) in [5, 5.41) is 2.96. The molecule has 3 nitrogen and oxygen atoms in total. The molecule has 0 bridgehead atoms. The Labute approximate surface area is 117 Å². The number of nitrogens with one attached hydrogen (secondary N) is 1. The Morgan fingerprint density at radius 3 is 2.22 bits per heavy atom. The van der Waals surface area contributed by atoms with E-state index in [1.807, 2.05) is 31.2 Å². The first kappa shape index (κ1) is 15.2. The van der Waals surface area contributed by atoms with Crippen LogP contribution >= 0.6 is 15.9 Å². The highest BCUT2D eigenvalue weighted by Gasteiger charge is 2.31. The third kappa shape index (κ3) is 3.56. The first-order valence-electron chi connectivity index (χ1n) is 6.11. The molecule has 1 aromatic rings. The summed E-state index contributed by atoms with van der Waals surface area (Å²) in [6.07, 6.45) is 0. The molecular weight excluding hydrogens is 292 g/mol. The minimum atomic E-state index is -1.01. The second-order valence-corrected chi connectivity index (χ2v) is 6.13. The Balaban J connectivity index is 2.85. The molecule has 0 heterocycles. The topological polar surface area (TPSA) is 55.1 Å². The summed E-state index contributed by atoms with van der Waals surface area (Å²) in [5.41, 5.74) is 5.95. The van der Waals surface area contributed by atoms with Gasteiger partial charge >= 0.3 is 0 Å². The third-order valence-corrected chi connectivity index (χ3v) is 3.80. The zero-order valence-electron chi connectivity index (χ0n) is 11.3. The minimum absolute atomic E-state index is 0.107. The highest BCUT2D eigenvalue weighted by atomic mass is 79.9. The van der Waals surface area contributed by atoms with Crippen LogP contribution in [-0.2, 0) is 10.3 Å². The van der Waals surface area contributed by atoms with Gasteiger partial charge in [-0.2, -0.15) is 0 Å². The SMILES string of the molecule is CC(C)C(C)NC(=O)C(C)(N)c1ccc(Br)cc1. The van der Waals surface area contributed by atoms with Crippen LogP contribution in [0.5, 0.6) is 0 Å². The molecule has 0 saturated heterocycles. The lowest BCUT2D eigenvalue weighted by Gasteiger charge is -2.27. The summed E-state index contributed by atoms with van der Waals surface area (Å²) in [4.78, 5) is 12.2. The van der Waals surface area contributed by atoms with Gasteiger partial charge in [0, 0.05) is 10.5 Å². The molecule has 1 amide bonds. The third-order valence-electron chi connectivity index (χ3n) is 3.27. The van der Waals surface area contributed by atoms with E-state index in [2.05, 4.69) is 35.1 Å². The van der Waals surface area contributed by atoms with Gasteiger partial charge in [0.15, 0.2) is 0 Å². The molecule has 0 aliphatic heterocycles. The van der Waals surface area contributed by atoms with Crippen molar-refractivity contribution in [2.75, 3.05) is 0 Å². The lowest BCUT2D eigenvalue weighted by molar-refractivity contribution is -0.127. The first-order chi connectivity index (χ1) is 8.25. The van der Waals surface area contributed by atoms with Crippen LogP contribution in [0.2, 0.25) is 0 Å². The fourth-order valence-electron chi connectivity index (χ4n) is 1.45. The largest absolute Gasteiger partial charge is 0.351 e. The van der Waals surface area contributed by atoms with Crippen molar-refractivity contribution in [3.63, 3.8) is 0 Å². The van der Waals surface area contributed by atoms with Crippen molar-refractivity contribution >= 4 is 21.8 Å². The fraction of sp³-hybridized carbons (Fsp3) is 0.500. The van der Waals surface area contributed by atoms with Gasteiger partial charge in [-0.05, 0) is 37.5 Å². The molecule has 0 radical (unpaired) electrons. The number of halogens is 1. The number of amides is 1. The van der Waals surface area contributed by atoms with Gasteiger partial charge in [0.1, 0.15) is 5.54 Å². The lowest BCUT2D eigenvalue weighted by Crippen LogP contribution is -2.52. The van der Waals surface area contributed by atoms with Gasteiger partial charge in [-0.1, -0.05) is 41.9 Å². The maximum Gasteiger partial charge on any atom is 0.244 e. The fourth-order valence-corrected chi connectivity index (χ4v) is 1.71. The Morgan fingerprint density at radius 2 is 1.78 bits per heavy atom. The maximum absolute atomic E-state index is 12.2. The predicted molar refractivity (Wildman–Crippen MR) is 78.1 cm³/mol. The molecule has 0 saturated carbocycles. The van der Waals surface area contributed by atoms with Gasteiger partial charge in [0.05, 0.1) is 0 Å². The predicted octanol–water partition coefficient (Wildman–Crippen LogP) is 2.78. The second-order valence-electron chi connectivity index (χ2n) is 5.22. The molecule has 0 aromatic heterocycles. The van der Waals surface area contributed by atoms with Crippen molar-refractivity contribution in [3.8, 4) is 0 Å². The summed E-state index contributed by atoms with van der Waals surface area (Å²) >= 11 is 3.37. The number of benzene rings is 1. The summed E-state index contributed by atoms with van der Waals surface area (Å²) in [5.74, 6) is 0.237. The zero-order chi connectivity index (χ0) is 13.9. The van der Waals surface area contributed by atoms with E-state index in [9.17, 15) is 4.79 Å². The average molecular weight is 313 g/mol. The summed E-state index contributed by atoms with van der Waals surface area (Å²) in [6.45, 7) is 7.86. The number of hydrogen-bond donors (Lipinski definition) is 2. The number of nitrogens with two attached hydrogens (primary N) is 1. The highest BCUT2D eigenvalue weighted by Crippen LogP contribution is 2.21. The van der Waals surface area contributed by atoms with Gasteiger partial charge < -0.3 is 11.1 Å². The molecule has 100 valence electrons. The molecule has 0 aliphatic rings. The van der Waals surface area contributed by atoms with Crippen molar-refractivity contribution in [2.45, 2.75) is 39.3 Å². The summed E-state index contributed by atoms with van der Waals surface area (Å²) < 4.78 is 0.970. The van der Waals surface area contributed by atoms with E-state index in [0.29, 0.717) is 5.92 Å². The molecule has 2 unspecified atom stereocenters. The van der Waals surface area contributed by atoms with Gasteiger partial charge in [-0.25, -0.2) is 0 Å². The molecular formula is C14H21BrN2O. The van der Waals surface area contributed by atoms with Crippen LogP contribution in [0.1, 0.15) is 33.3 Å². The normalized spacial score (nSPS) is 16.2. The number of carbonyl (C=O) groups excluding carboxylic acids is 1. The first-order valence-corrected chi connectivity index (χ1v) is 6.90. The standard InChI is InChI=1S/C14H21BrN2O/c1-9(2)10(3)17-13(18)14(4,16)11-5-7-12(15)8-6-11/h5-10H,16H2,1-4H3,(H,17,18). The van der Waals surface area contributed by atoms with Gasteiger partial charge in [-0.3, -0.25) is 4.79 Å². The van der Waals surface area contributed by atoms with Crippen LogP contribution in [-0.4, -0.2) is 11.9 Å². The Hall–Kier alpha value is -0.870. The molecule has 18 heavy (non-hydrogen) atoms. The minimum Gasteiger partial charge on any atom is -0.351 e. The van der Waals surface area contributed by atoms with Crippen LogP contribution in [0.3, 0.4) is 0 Å². The van der Waals surface area contributed by atoms with E-state index in [1.165, 1.54) is 0 Å². The second kappa shape index (κ2) is 5.85. The van der Waals surface area contributed by atoms with Crippen LogP contribution in [0.15, 0.2) is 28.7 Å². The smallest absolute Gasteiger partial charge is 0.244 e. The summed E-state index contributed by atoms with van der Waals surface area (Å²) in [6, 6.07) is 7.61. The van der Waals surface area contributed by atoms with Gasteiger partial charge in [-0.15, -0.1) is 0 Å².